The molecule has 74 valence electrons. The van der Waals surface area contributed by atoms with Crippen LogP contribution in [-0.2, 0) is 4.79 Å². The molecular formula is C8H3F4NO. The Balaban J connectivity index is 3.40. The molecule has 0 heterocycles. The first-order valence-electron chi connectivity index (χ1n) is 3.42. The molecule has 1 aromatic rings. The Kier molecular flexibility index (Phi) is 2.99. The van der Waals surface area contributed by atoms with Gasteiger partial charge in [-0.2, -0.15) is 4.99 Å². The van der Waals surface area contributed by atoms with Gasteiger partial charge in [-0.15, -0.1) is 0 Å². The van der Waals surface area contributed by atoms with Gasteiger partial charge in [0.15, 0.2) is 5.82 Å². The summed E-state index contributed by atoms with van der Waals surface area (Å²) in [5.74, 6) is -2.91. The number of hydrogen-bond donors (Lipinski definition) is 0. The standard InChI is InChI=1S/C8H3F4NO/c9-4-1-2-5(13-3-14)7(10)6(4)8(11)12/h1-2,8H. The van der Waals surface area contributed by atoms with E-state index in [2.05, 4.69) is 4.99 Å². The van der Waals surface area contributed by atoms with Crippen LogP contribution in [0.4, 0.5) is 23.2 Å². The second kappa shape index (κ2) is 4.02. The predicted octanol–water partition coefficient (Wildman–Crippen LogP) is 2.87. The molecule has 1 aromatic carbocycles. The summed E-state index contributed by atoms with van der Waals surface area (Å²) in [6.45, 7) is 0. The highest BCUT2D eigenvalue weighted by atomic mass is 19.3. The molecule has 1 rings (SSSR count). The van der Waals surface area contributed by atoms with E-state index in [9.17, 15) is 22.4 Å². The van der Waals surface area contributed by atoms with Crippen molar-refractivity contribution in [3.63, 3.8) is 0 Å². The molecule has 0 fully saturated rings. The van der Waals surface area contributed by atoms with Crippen LogP contribution in [0.1, 0.15) is 12.0 Å². The van der Waals surface area contributed by atoms with Gasteiger partial charge >= 0.3 is 0 Å². The predicted molar refractivity (Wildman–Crippen MR) is 39.1 cm³/mol. The number of hydrogen-bond acceptors (Lipinski definition) is 2. The number of aliphatic imine (C=N–C) groups is 1. The van der Waals surface area contributed by atoms with Crippen LogP contribution in [0, 0.1) is 11.6 Å². The highest BCUT2D eigenvalue weighted by Gasteiger charge is 2.21. The third-order valence-electron chi connectivity index (χ3n) is 1.49. The third-order valence-corrected chi connectivity index (χ3v) is 1.49. The lowest BCUT2D eigenvalue weighted by atomic mass is 10.2. The highest BCUT2D eigenvalue weighted by Crippen LogP contribution is 2.30. The molecule has 0 bridgehead atoms. The van der Waals surface area contributed by atoms with Crippen LogP contribution in [0.5, 0.6) is 0 Å². The largest absolute Gasteiger partial charge is 0.269 e. The Morgan fingerprint density at radius 3 is 2.43 bits per heavy atom. The molecule has 0 aromatic heterocycles. The van der Waals surface area contributed by atoms with Crippen LogP contribution < -0.4 is 0 Å². The molecule has 0 aliphatic heterocycles. The average molecular weight is 205 g/mol. The summed E-state index contributed by atoms with van der Waals surface area (Å²) in [6.07, 6.45) is -2.32. The molecule has 0 saturated heterocycles. The molecule has 0 atom stereocenters. The maximum Gasteiger partial charge on any atom is 0.269 e. The topological polar surface area (TPSA) is 29.4 Å². The molecular weight excluding hydrogens is 202 g/mol. The molecule has 0 amide bonds. The van der Waals surface area contributed by atoms with Crippen molar-refractivity contribution < 1.29 is 22.4 Å². The SMILES string of the molecule is O=C=Nc1ccc(F)c(C(F)F)c1F. The minimum atomic E-state index is -3.29. The van der Waals surface area contributed by atoms with Gasteiger partial charge in [0, 0.05) is 0 Å². The van der Waals surface area contributed by atoms with Crippen molar-refractivity contribution in [3.8, 4) is 0 Å². The lowest BCUT2D eigenvalue weighted by Crippen LogP contribution is -1.96. The Morgan fingerprint density at radius 1 is 1.29 bits per heavy atom. The summed E-state index contributed by atoms with van der Waals surface area (Å²) in [6, 6.07) is 1.39. The van der Waals surface area contributed by atoms with E-state index >= 15 is 0 Å². The Labute approximate surface area is 75.9 Å². The fourth-order valence-electron chi connectivity index (χ4n) is 0.893. The molecule has 14 heavy (non-hydrogen) atoms. The van der Waals surface area contributed by atoms with Crippen LogP contribution in [0.15, 0.2) is 17.1 Å². The number of rotatable bonds is 2. The van der Waals surface area contributed by atoms with Crippen LogP contribution in [-0.4, -0.2) is 6.08 Å². The van der Waals surface area contributed by atoms with Crippen LogP contribution in [0.3, 0.4) is 0 Å². The first kappa shape index (κ1) is 10.4. The summed E-state index contributed by atoms with van der Waals surface area (Å²) in [5, 5.41) is 0. The normalized spacial score (nSPS) is 10.1. The maximum atomic E-state index is 13.0. The van der Waals surface area contributed by atoms with Crippen molar-refractivity contribution in [2.45, 2.75) is 6.43 Å². The molecule has 0 N–H and O–H groups in total. The summed E-state index contributed by atoms with van der Waals surface area (Å²) < 4.78 is 49.8. The van der Waals surface area contributed by atoms with Gasteiger partial charge in [-0.1, -0.05) is 0 Å². The molecule has 0 spiro atoms. The van der Waals surface area contributed by atoms with Crippen molar-refractivity contribution in [3.05, 3.63) is 29.3 Å². The average Bonchev–Trinajstić information content (AvgIpc) is 2.10. The lowest BCUT2D eigenvalue weighted by molar-refractivity contribution is 0.141. The smallest absolute Gasteiger partial charge is 0.211 e. The van der Waals surface area contributed by atoms with E-state index in [0.29, 0.717) is 6.07 Å². The number of alkyl halides is 2. The van der Waals surface area contributed by atoms with Crippen LogP contribution >= 0.6 is 0 Å². The minimum Gasteiger partial charge on any atom is -0.211 e. The van der Waals surface area contributed by atoms with E-state index in [0.717, 1.165) is 12.1 Å². The van der Waals surface area contributed by atoms with Gasteiger partial charge in [-0.25, -0.2) is 22.4 Å². The fourth-order valence-corrected chi connectivity index (χ4v) is 0.893. The fraction of sp³-hybridized carbons (Fsp3) is 0.125. The molecule has 6 heteroatoms. The molecule has 0 aliphatic rings. The molecule has 0 aliphatic carbocycles. The van der Waals surface area contributed by atoms with Gasteiger partial charge < -0.3 is 0 Å². The number of halogens is 4. The van der Waals surface area contributed by atoms with E-state index in [1.807, 2.05) is 0 Å². The molecule has 2 nitrogen and oxygen atoms in total. The van der Waals surface area contributed by atoms with Gasteiger partial charge in [-0.05, 0) is 12.1 Å². The number of nitrogens with zero attached hydrogens (tertiary/aromatic N) is 1. The van der Waals surface area contributed by atoms with Crippen molar-refractivity contribution in [1.82, 2.24) is 0 Å². The van der Waals surface area contributed by atoms with E-state index < -0.39 is 29.3 Å². The van der Waals surface area contributed by atoms with Crippen molar-refractivity contribution in [1.29, 1.82) is 0 Å². The molecule has 0 unspecified atom stereocenters. The molecule has 0 radical (unpaired) electrons. The number of isocyanates is 1. The third kappa shape index (κ3) is 1.80. The summed E-state index contributed by atoms with van der Waals surface area (Å²) in [7, 11) is 0. The van der Waals surface area contributed by atoms with E-state index in [1.165, 1.54) is 0 Å². The zero-order valence-corrected chi connectivity index (χ0v) is 6.60. The summed E-state index contributed by atoms with van der Waals surface area (Å²) in [4.78, 5) is 12.6. The monoisotopic (exact) mass is 205 g/mol. The first-order valence-corrected chi connectivity index (χ1v) is 3.42. The van der Waals surface area contributed by atoms with Crippen molar-refractivity contribution >= 4 is 11.8 Å². The van der Waals surface area contributed by atoms with E-state index in [4.69, 9.17) is 0 Å². The first-order chi connectivity index (χ1) is 6.57. The number of benzene rings is 1. The van der Waals surface area contributed by atoms with Gasteiger partial charge in [0.25, 0.3) is 6.43 Å². The van der Waals surface area contributed by atoms with Gasteiger partial charge in [0.1, 0.15) is 11.5 Å². The Hall–Kier alpha value is -1.68. The maximum absolute atomic E-state index is 13.0. The van der Waals surface area contributed by atoms with Gasteiger partial charge in [-0.3, -0.25) is 0 Å². The van der Waals surface area contributed by atoms with Gasteiger partial charge in [0.05, 0.1) is 5.56 Å². The van der Waals surface area contributed by atoms with E-state index in [-0.39, 0.29) is 0 Å². The van der Waals surface area contributed by atoms with E-state index in [1.54, 1.807) is 0 Å². The molecule has 0 saturated carbocycles. The van der Waals surface area contributed by atoms with Crippen LogP contribution in [0.2, 0.25) is 0 Å². The zero-order valence-electron chi connectivity index (χ0n) is 6.60. The zero-order chi connectivity index (χ0) is 10.7. The minimum absolute atomic E-state index is 0.612. The second-order valence-corrected chi connectivity index (χ2v) is 2.30. The number of carbonyl (C=O) groups excluding carboxylic acids is 1. The lowest BCUT2D eigenvalue weighted by Gasteiger charge is -2.04. The van der Waals surface area contributed by atoms with Crippen LogP contribution in [0.25, 0.3) is 0 Å². The Morgan fingerprint density at radius 2 is 1.93 bits per heavy atom. The second-order valence-electron chi connectivity index (χ2n) is 2.30. The van der Waals surface area contributed by atoms with Crippen molar-refractivity contribution in [2.24, 2.45) is 4.99 Å². The van der Waals surface area contributed by atoms with Crippen molar-refractivity contribution in [2.75, 3.05) is 0 Å². The summed E-state index contributed by atoms with van der Waals surface area (Å²) in [5.41, 5.74) is -2.04. The van der Waals surface area contributed by atoms with Gasteiger partial charge in [0.2, 0.25) is 6.08 Å². The highest BCUT2D eigenvalue weighted by molar-refractivity contribution is 5.51. The quantitative estimate of drug-likeness (QED) is 0.414. The Bertz CT molecular complexity index is 399. The summed E-state index contributed by atoms with van der Waals surface area (Å²) >= 11 is 0.